The van der Waals surface area contributed by atoms with Crippen molar-refractivity contribution in [2.45, 2.75) is 44.4 Å². The van der Waals surface area contributed by atoms with E-state index in [1.165, 1.54) is 6.08 Å². The number of amides is 1. The van der Waals surface area contributed by atoms with Gasteiger partial charge in [-0.3, -0.25) is 14.9 Å². The monoisotopic (exact) mass is 424 g/mol. The summed E-state index contributed by atoms with van der Waals surface area (Å²) in [7, 11) is 0. The molecule has 30 heavy (non-hydrogen) atoms. The van der Waals surface area contributed by atoms with Crippen LogP contribution >= 0.6 is 0 Å². The van der Waals surface area contributed by atoms with E-state index in [2.05, 4.69) is 20.3 Å². The van der Waals surface area contributed by atoms with E-state index >= 15 is 0 Å². The Balaban J connectivity index is 1.54. The van der Waals surface area contributed by atoms with Gasteiger partial charge in [0.05, 0.1) is 13.0 Å². The van der Waals surface area contributed by atoms with Gasteiger partial charge in [0.2, 0.25) is 0 Å². The third-order valence-corrected chi connectivity index (χ3v) is 4.93. The molecule has 0 radical (unpaired) electrons. The van der Waals surface area contributed by atoms with Crippen molar-refractivity contribution in [3.63, 3.8) is 0 Å². The molecule has 1 aliphatic heterocycles. The Bertz CT molecular complexity index is 866. The fraction of sp³-hybridized carbons (Fsp3) is 0.474. The third kappa shape index (κ3) is 6.36. The molecule has 0 unspecified atom stereocenters. The van der Waals surface area contributed by atoms with E-state index in [1.54, 1.807) is 11.6 Å². The second-order valence-corrected chi connectivity index (χ2v) is 7.09. The van der Waals surface area contributed by atoms with Gasteiger partial charge in [-0.15, -0.1) is 10.2 Å². The highest BCUT2D eigenvalue weighted by Crippen LogP contribution is 2.32. The van der Waals surface area contributed by atoms with Gasteiger partial charge in [0.15, 0.2) is 5.82 Å². The fourth-order valence-corrected chi connectivity index (χ4v) is 3.45. The number of tetrazole rings is 1. The van der Waals surface area contributed by atoms with E-state index < -0.39 is 18.5 Å². The molecule has 0 spiro atoms. The second kappa shape index (κ2) is 9.81. The summed E-state index contributed by atoms with van der Waals surface area (Å²) in [5, 5.41) is 20.1. The van der Waals surface area contributed by atoms with Crippen molar-refractivity contribution in [2.75, 3.05) is 13.1 Å². The van der Waals surface area contributed by atoms with Crippen molar-refractivity contribution in [3.8, 4) is 0 Å². The zero-order chi connectivity index (χ0) is 21.6. The zero-order valence-electron chi connectivity index (χ0n) is 16.2. The largest absolute Gasteiger partial charge is 0.390 e. The highest BCUT2D eigenvalue weighted by Gasteiger charge is 2.28. The maximum atomic E-state index is 12.3. The van der Waals surface area contributed by atoms with Crippen molar-refractivity contribution in [1.82, 2.24) is 30.6 Å². The van der Waals surface area contributed by atoms with E-state index in [1.807, 2.05) is 24.3 Å². The molecule has 11 heteroatoms. The average molecular weight is 424 g/mol. The summed E-state index contributed by atoms with van der Waals surface area (Å²) in [6.07, 6.45) is 0.198. The molecule has 1 aromatic carbocycles. The molecule has 3 rings (SSSR count). The van der Waals surface area contributed by atoms with Crippen LogP contribution < -0.4 is 5.48 Å². The molecular formula is C19H23F3N6O2. The molecule has 1 amide bonds. The van der Waals surface area contributed by atoms with Crippen LogP contribution in [0, 0.1) is 0 Å². The first-order chi connectivity index (χ1) is 14.3. The number of alkyl halides is 3. The lowest BCUT2D eigenvalue weighted by Gasteiger charge is -2.24. The topological polar surface area (TPSA) is 96.2 Å². The number of hydrogen-bond donors (Lipinski definition) is 2. The summed E-state index contributed by atoms with van der Waals surface area (Å²) in [5.41, 5.74) is 3.53. The number of nitrogens with zero attached hydrogens (tertiary/aromatic N) is 5. The molecule has 0 bridgehead atoms. The zero-order valence-corrected chi connectivity index (χ0v) is 16.2. The minimum Gasteiger partial charge on any atom is -0.296 e. The number of hydrogen-bond acceptors (Lipinski definition) is 6. The van der Waals surface area contributed by atoms with Gasteiger partial charge in [0.25, 0.3) is 5.91 Å². The third-order valence-electron chi connectivity index (χ3n) is 4.93. The molecule has 8 nitrogen and oxygen atoms in total. The summed E-state index contributed by atoms with van der Waals surface area (Å²) < 4.78 is 36.9. The predicted octanol–water partition coefficient (Wildman–Crippen LogP) is 2.52. The molecule has 0 aliphatic carbocycles. The van der Waals surface area contributed by atoms with E-state index in [-0.39, 0.29) is 12.6 Å². The molecule has 1 aromatic heterocycles. The number of benzene rings is 1. The lowest BCUT2D eigenvalue weighted by molar-refractivity contribution is -0.137. The number of carbonyl (C=O) groups is 1. The minimum absolute atomic E-state index is 0.240. The van der Waals surface area contributed by atoms with Crippen LogP contribution in [0.3, 0.4) is 0 Å². The maximum Gasteiger partial charge on any atom is 0.390 e. The Morgan fingerprint density at radius 1 is 1.27 bits per heavy atom. The van der Waals surface area contributed by atoms with E-state index in [0.29, 0.717) is 18.8 Å². The van der Waals surface area contributed by atoms with Crippen molar-refractivity contribution < 1.29 is 23.2 Å². The highest BCUT2D eigenvalue weighted by molar-refractivity contribution is 5.90. The molecule has 1 saturated heterocycles. The van der Waals surface area contributed by atoms with Crippen LogP contribution in [-0.2, 0) is 17.8 Å². The second-order valence-electron chi connectivity index (χ2n) is 7.09. The first-order valence-corrected chi connectivity index (χ1v) is 9.63. The van der Waals surface area contributed by atoms with Crippen molar-refractivity contribution in [1.29, 1.82) is 0 Å². The molecule has 1 fully saturated rings. The molecule has 1 aliphatic rings. The first-order valence-electron chi connectivity index (χ1n) is 9.63. The number of hydroxylamine groups is 1. The summed E-state index contributed by atoms with van der Waals surface area (Å²) in [5.74, 6) is -0.157. The molecule has 2 N–H and O–H groups in total. The smallest absolute Gasteiger partial charge is 0.296 e. The summed E-state index contributed by atoms with van der Waals surface area (Å²) in [6.45, 7) is 1.28. The minimum atomic E-state index is -4.24. The molecule has 2 heterocycles. The van der Waals surface area contributed by atoms with Crippen LogP contribution in [-0.4, -0.2) is 55.5 Å². The highest BCUT2D eigenvalue weighted by atomic mass is 19.4. The van der Waals surface area contributed by atoms with Crippen LogP contribution in [0.5, 0.6) is 0 Å². The van der Waals surface area contributed by atoms with Crippen LogP contribution in [0.4, 0.5) is 13.2 Å². The first kappa shape index (κ1) is 21.9. The number of halogens is 3. The Kier molecular flexibility index (Phi) is 7.16. The Hall–Kier alpha value is -2.79. The van der Waals surface area contributed by atoms with Crippen LogP contribution in [0.25, 0.3) is 6.08 Å². The predicted molar refractivity (Wildman–Crippen MR) is 101 cm³/mol. The van der Waals surface area contributed by atoms with Gasteiger partial charge < -0.3 is 0 Å². The SMILES string of the molecule is O=C(C=Cc1ccc([C@@H]2CCCN2CCc2nnn(CCC(F)(F)F)n2)cc1)NO. The maximum absolute atomic E-state index is 12.3. The van der Waals surface area contributed by atoms with Crippen LogP contribution in [0.1, 0.15) is 42.3 Å². The van der Waals surface area contributed by atoms with Gasteiger partial charge in [-0.2, -0.15) is 18.0 Å². The Morgan fingerprint density at radius 2 is 2.03 bits per heavy atom. The van der Waals surface area contributed by atoms with Gasteiger partial charge in [0.1, 0.15) is 0 Å². The van der Waals surface area contributed by atoms with Gasteiger partial charge in [-0.1, -0.05) is 24.3 Å². The number of likely N-dealkylation sites (tertiary alicyclic amines) is 1. The van der Waals surface area contributed by atoms with E-state index in [9.17, 15) is 18.0 Å². The Morgan fingerprint density at radius 3 is 2.73 bits per heavy atom. The normalized spacial score (nSPS) is 17.7. The lowest BCUT2D eigenvalue weighted by atomic mass is 10.0. The van der Waals surface area contributed by atoms with Crippen molar-refractivity contribution in [3.05, 3.63) is 47.3 Å². The summed E-state index contributed by atoms with van der Waals surface area (Å²) in [6, 6.07) is 8.06. The summed E-state index contributed by atoms with van der Waals surface area (Å²) >= 11 is 0. The van der Waals surface area contributed by atoms with Crippen molar-refractivity contribution in [2.24, 2.45) is 0 Å². The molecule has 162 valence electrons. The van der Waals surface area contributed by atoms with Crippen molar-refractivity contribution >= 4 is 12.0 Å². The Labute approximate surface area is 171 Å². The van der Waals surface area contributed by atoms with Gasteiger partial charge >= 0.3 is 6.18 Å². The van der Waals surface area contributed by atoms with Gasteiger partial charge in [-0.25, -0.2) is 5.48 Å². The fourth-order valence-electron chi connectivity index (χ4n) is 3.45. The number of aryl methyl sites for hydroxylation is 1. The molecule has 2 aromatic rings. The number of nitrogens with one attached hydrogen (secondary N) is 1. The number of aromatic nitrogens is 4. The lowest BCUT2D eigenvalue weighted by Crippen LogP contribution is -2.26. The van der Waals surface area contributed by atoms with Gasteiger partial charge in [0, 0.05) is 25.1 Å². The quantitative estimate of drug-likeness (QED) is 0.384. The standard InChI is InChI=1S/C19H23F3N6O2/c20-19(21,22)10-13-28-24-17(23-26-28)9-12-27-11-1-2-16(27)15-6-3-14(4-7-15)5-8-18(29)25-30/h3-8,16,30H,1-2,9-13H2,(H,25,29)/t16-/m0/s1. The molecular weight excluding hydrogens is 401 g/mol. The van der Waals surface area contributed by atoms with E-state index in [0.717, 1.165) is 35.3 Å². The summed E-state index contributed by atoms with van der Waals surface area (Å²) in [4.78, 5) is 14.4. The average Bonchev–Trinajstić information content (AvgIpc) is 3.38. The van der Waals surface area contributed by atoms with Gasteiger partial charge in [-0.05, 0) is 41.8 Å². The number of rotatable bonds is 8. The molecule has 0 saturated carbocycles. The van der Waals surface area contributed by atoms with Crippen LogP contribution in [0.2, 0.25) is 0 Å². The number of carbonyl (C=O) groups excluding carboxylic acids is 1. The van der Waals surface area contributed by atoms with Crippen LogP contribution in [0.15, 0.2) is 30.3 Å². The van der Waals surface area contributed by atoms with E-state index in [4.69, 9.17) is 5.21 Å². The molecule has 1 atom stereocenters.